The van der Waals surface area contributed by atoms with E-state index in [9.17, 15) is 4.79 Å². The van der Waals surface area contributed by atoms with Gasteiger partial charge in [0.15, 0.2) is 5.96 Å². The molecule has 2 N–H and O–H groups in total. The molecule has 1 heterocycles. The molecule has 8 heteroatoms. The van der Waals surface area contributed by atoms with E-state index in [4.69, 9.17) is 9.15 Å². The Bertz CT molecular complexity index is 521. The molecule has 0 atom stereocenters. The number of halogens is 1. The van der Waals surface area contributed by atoms with Crippen molar-refractivity contribution in [2.24, 2.45) is 4.99 Å². The van der Waals surface area contributed by atoms with E-state index >= 15 is 0 Å². The Kier molecular flexibility index (Phi) is 12.9. The zero-order chi connectivity index (χ0) is 17.1. The number of methoxy groups -OCH3 is 1. The van der Waals surface area contributed by atoms with Gasteiger partial charge in [0.1, 0.15) is 23.6 Å². The largest absolute Gasteiger partial charge is 0.465 e. The summed E-state index contributed by atoms with van der Waals surface area (Å²) in [4.78, 5) is 16.1. The average molecular weight is 469 g/mol. The third-order valence-corrected chi connectivity index (χ3v) is 3.88. The van der Waals surface area contributed by atoms with Crippen LogP contribution in [0.15, 0.2) is 15.5 Å². The van der Waals surface area contributed by atoms with Crippen molar-refractivity contribution in [2.45, 2.75) is 33.2 Å². The highest BCUT2D eigenvalue weighted by atomic mass is 127. The number of carbonyl (C=O) groups excluding carboxylic acids is 1. The maximum atomic E-state index is 11.6. The summed E-state index contributed by atoms with van der Waals surface area (Å²) in [6.07, 6.45) is 4.41. The molecule has 6 nitrogen and oxygen atoms in total. The molecule has 138 valence electrons. The third kappa shape index (κ3) is 8.27. The summed E-state index contributed by atoms with van der Waals surface area (Å²) >= 11 is 1.86. The Hall–Kier alpha value is -0.900. The predicted octanol–water partition coefficient (Wildman–Crippen LogP) is 3.19. The van der Waals surface area contributed by atoms with Crippen molar-refractivity contribution in [2.75, 3.05) is 32.2 Å². The molecule has 0 fully saturated rings. The van der Waals surface area contributed by atoms with Crippen LogP contribution in [-0.4, -0.2) is 44.1 Å². The SMILES string of the molecule is CCNC(=NCc1cc(C(=O)OC)c(C)o1)NCCCCSC.I. The van der Waals surface area contributed by atoms with E-state index in [-0.39, 0.29) is 29.9 Å². The summed E-state index contributed by atoms with van der Waals surface area (Å²) in [7, 11) is 1.36. The number of esters is 1. The molecule has 0 aromatic carbocycles. The predicted molar refractivity (Wildman–Crippen MR) is 111 cm³/mol. The lowest BCUT2D eigenvalue weighted by molar-refractivity contribution is 0.0599. The number of furan rings is 1. The van der Waals surface area contributed by atoms with Crippen molar-refractivity contribution >= 4 is 47.7 Å². The first-order valence-corrected chi connectivity index (χ1v) is 9.20. The maximum Gasteiger partial charge on any atom is 0.341 e. The number of nitrogens with one attached hydrogen (secondary N) is 2. The van der Waals surface area contributed by atoms with E-state index < -0.39 is 0 Å². The summed E-state index contributed by atoms with van der Waals surface area (Å²) in [5.74, 6) is 2.74. The van der Waals surface area contributed by atoms with Gasteiger partial charge in [0, 0.05) is 13.1 Å². The minimum Gasteiger partial charge on any atom is -0.465 e. The highest BCUT2D eigenvalue weighted by Gasteiger charge is 2.15. The Morgan fingerprint density at radius 2 is 2.12 bits per heavy atom. The molecule has 1 rings (SSSR count). The second kappa shape index (κ2) is 13.4. The van der Waals surface area contributed by atoms with Gasteiger partial charge in [0.2, 0.25) is 0 Å². The van der Waals surface area contributed by atoms with E-state index in [1.807, 2.05) is 18.7 Å². The standard InChI is InChI=1S/C16H27N3O3S.HI/c1-5-17-16(18-8-6-7-9-23-4)19-11-13-10-14(12(2)22-13)15(20)21-3;/h10H,5-9,11H2,1-4H3,(H2,17,18,19);1H. The van der Waals surface area contributed by atoms with Crippen molar-refractivity contribution < 1.29 is 13.9 Å². The molecule has 0 unspecified atom stereocenters. The number of unbranched alkanes of at least 4 members (excludes halogenated alkanes) is 1. The smallest absolute Gasteiger partial charge is 0.341 e. The van der Waals surface area contributed by atoms with E-state index in [1.165, 1.54) is 19.3 Å². The van der Waals surface area contributed by atoms with Crippen LogP contribution in [0.2, 0.25) is 0 Å². The third-order valence-electron chi connectivity index (χ3n) is 3.18. The van der Waals surface area contributed by atoms with E-state index in [2.05, 4.69) is 21.9 Å². The first-order chi connectivity index (χ1) is 11.1. The van der Waals surface area contributed by atoms with E-state index in [0.717, 1.165) is 25.5 Å². The number of thioether (sulfide) groups is 1. The second-order valence-corrected chi connectivity index (χ2v) is 5.98. The Balaban J connectivity index is 0.00000529. The number of aliphatic imine (C=N–C) groups is 1. The van der Waals surface area contributed by atoms with Crippen LogP contribution in [0.4, 0.5) is 0 Å². The van der Waals surface area contributed by atoms with Crippen molar-refractivity contribution in [3.05, 3.63) is 23.2 Å². The molecule has 1 aromatic rings. The Morgan fingerprint density at radius 3 is 2.75 bits per heavy atom. The molecule has 0 saturated carbocycles. The van der Waals surface area contributed by atoms with Crippen LogP contribution in [0.1, 0.15) is 41.6 Å². The van der Waals surface area contributed by atoms with Gasteiger partial charge in [0.05, 0.1) is 7.11 Å². The van der Waals surface area contributed by atoms with Crippen molar-refractivity contribution in [3.63, 3.8) is 0 Å². The highest BCUT2D eigenvalue weighted by Crippen LogP contribution is 2.16. The van der Waals surface area contributed by atoms with Gasteiger partial charge in [-0.15, -0.1) is 24.0 Å². The molecule has 0 aliphatic carbocycles. The first kappa shape index (κ1) is 23.1. The molecular weight excluding hydrogens is 441 g/mol. The summed E-state index contributed by atoms with van der Waals surface area (Å²) in [6, 6.07) is 1.69. The van der Waals surface area contributed by atoms with Crippen molar-refractivity contribution in [3.8, 4) is 0 Å². The van der Waals surface area contributed by atoms with Gasteiger partial charge in [-0.1, -0.05) is 0 Å². The van der Waals surface area contributed by atoms with Gasteiger partial charge in [-0.2, -0.15) is 11.8 Å². The minimum atomic E-state index is -0.389. The fourth-order valence-electron chi connectivity index (χ4n) is 2.01. The van der Waals surface area contributed by atoms with Crippen LogP contribution in [0.5, 0.6) is 0 Å². The number of nitrogens with zero attached hydrogens (tertiary/aromatic N) is 1. The lowest BCUT2D eigenvalue weighted by Gasteiger charge is -2.10. The number of guanidine groups is 1. The van der Waals surface area contributed by atoms with Crippen molar-refractivity contribution in [1.29, 1.82) is 0 Å². The fourth-order valence-corrected chi connectivity index (χ4v) is 2.50. The molecule has 0 bridgehead atoms. The number of ether oxygens (including phenoxy) is 1. The van der Waals surface area contributed by atoms with Crippen LogP contribution in [-0.2, 0) is 11.3 Å². The zero-order valence-electron chi connectivity index (χ0n) is 14.8. The normalized spacial score (nSPS) is 10.9. The molecule has 0 radical (unpaired) electrons. The monoisotopic (exact) mass is 469 g/mol. The fraction of sp³-hybridized carbons (Fsp3) is 0.625. The Labute approximate surface area is 165 Å². The molecular formula is C16H28IN3O3S. The van der Waals surface area contributed by atoms with Crippen LogP contribution >= 0.6 is 35.7 Å². The number of carbonyl (C=O) groups is 1. The maximum absolute atomic E-state index is 11.6. The number of hydrogen-bond acceptors (Lipinski definition) is 5. The van der Waals surface area contributed by atoms with Crippen LogP contribution in [0.25, 0.3) is 0 Å². The molecule has 0 aliphatic rings. The topological polar surface area (TPSA) is 75.9 Å². The van der Waals surface area contributed by atoms with Crippen LogP contribution in [0.3, 0.4) is 0 Å². The molecule has 0 amide bonds. The second-order valence-electron chi connectivity index (χ2n) is 5.00. The van der Waals surface area contributed by atoms with Crippen LogP contribution in [0, 0.1) is 6.92 Å². The molecule has 0 saturated heterocycles. The quantitative estimate of drug-likeness (QED) is 0.190. The van der Waals surface area contributed by atoms with Gasteiger partial charge < -0.3 is 19.8 Å². The van der Waals surface area contributed by atoms with E-state index in [0.29, 0.717) is 23.6 Å². The summed E-state index contributed by atoms with van der Waals surface area (Å²) in [6.45, 7) is 5.82. The Morgan fingerprint density at radius 1 is 1.38 bits per heavy atom. The number of hydrogen-bond donors (Lipinski definition) is 2. The highest BCUT2D eigenvalue weighted by molar-refractivity contribution is 14.0. The molecule has 0 spiro atoms. The lowest BCUT2D eigenvalue weighted by Crippen LogP contribution is -2.37. The average Bonchev–Trinajstić information content (AvgIpc) is 2.92. The van der Waals surface area contributed by atoms with Gasteiger partial charge in [0.25, 0.3) is 0 Å². The van der Waals surface area contributed by atoms with Gasteiger partial charge >= 0.3 is 5.97 Å². The van der Waals surface area contributed by atoms with E-state index in [1.54, 1.807) is 13.0 Å². The van der Waals surface area contributed by atoms with Gasteiger partial charge in [-0.25, -0.2) is 9.79 Å². The zero-order valence-corrected chi connectivity index (χ0v) is 18.0. The minimum absolute atomic E-state index is 0. The number of rotatable bonds is 9. The molecule has 1 aromatic heterocycles. The summed E-state index contributed by atoms with van der Waals surface area (Å²) < 4.78 is 10.3. The van der Waals surface area contributed by atoms with Crippen molar-refractivity contribution in [1.82, 2.24) is 10.6 Å². The van der Waals surface area contributed by atoms with Gasteiger partial charge in [-0.3, -0.25) is 0 Å². The van der Waals surface area contributed by atoms with Crippen LogP contribution < -0.4 is 10.6 Å². The first-order valence-electron chi connectivity index (χ1n) is 7.81. The molecule has 24 heavy (non-hydrogen) atoms. The number of aryl methyl sites for hydroxylation is 1. The van der Waals surface area contributed by atoms with Gasteiger partial charge in [-0.05, 0) is 44.8 Å². The lowest BCUT2D eigenvalue weighted by atomic mass is 10.2. The summed E-state index contributed by atoms with van der Waals surface area (Å²) in [5, 5.41) is 6.50. The molecule has 0 aliphatic heterocycles. The summed E-state index contributed by atoms with van der Waals surface area (Å²) in [5.41, 5.74) is 0.452.